The summed E-state index contributed by atoms with van der Waals surface area (Å²) in [5, 5.41) is 10.6. The van der Waals surface area contributed by atoms with Crippen molar-refractivity contribution in [2.75, 3.05) is 5.73 Å². The molecule has 3 rings (SSSR count). The van der Waals surface area contributed by atoms with Crippen molar-refractivity contribution < 1.29 is 18.9 Å². The predicted octanol–water partition coefficient (Wildman–Crippen LogP) is 1.57. The second-order valence-electron chi connectivity index (χ2n) is 4.46. The number of benzene rings is 1. The Labute approximate surface area is 117 Å². The summed E-state index contributed by atoms with van der Waals surface area (Å²) in [6.07, 6.45) is 0. The molecule has 2 N–H and O–H groups in total. The number of nitrogens with zero attached hydrogens (tertiary/aromatic N) is 2. The first-order valence-corrected chi connectivity index (χ1v) is 5.97. The molecule has 2 amide bonds. The molecule has 0 bridgehead atoms. The summed E-state index contributed by atoms with van der Waals surface area (Å²) in [5.74, 6) is -1.33. The Bertz CT molecular complexity index is 780. The molecule has 2 aromatic rings. The third-order valence-electron chi connectivity index (χ3n) is 3.17. The zero-order valence-corrected chi connectivity index (χ0v) is 10.6. The highest BCUT2D eigenvalue weighted by Gasteiger charge is 2.37. The maximum absolute atomic E-state index is 12.2. The lowest BCUT2D eigenvalue weighted by Crippen LogP contribution is -2.29. The molecule has 0 aliphatic carbocycles. The molecule has 0 saturated carbocycles. The van der Waals surface area contributed by atoms with Gasteiger partial charge in [0, 0.05) is 5.69 Å². The number of nitrogen functional groups attached to an aromatic ring is 1. The number of nitro groups is 1. The molecular weight excluding hydrogens is 278 g/mol. The van der Waals surface area contributed by atoms with Crippen molar-refractivity contribution in [3.8, 4) is 0 Å². The van der Waals surface area contributed by atoms with Gasteiger partial charge in [0.2, 0.25) is 0 Å². The Hall–Kier alpha value is -3.16. The van der Waals surface area contributed by atoms with Crippen LogP contribution in [0.1, 0.15) is 26.5 Å². The van der Waals surface area contributed by atoms with Crippen LogP contribution in [0.2, 0.25) is 0 Å². The summed E-state index contributed by atoms with van der Waals surface area (Å²) in [6, 6.07) is 7.15. The SMILES string of the molecule is Nc1cccc2c1C(=O)N(Cc1ccc([N+](=O)[O-])o1)C2=O. The van der Waals surface area contributed by atoms with Crippen LogP contribution in [-0.2, 0) is 6.54 Å². The number of nitrogens with two attached hydrogens (primary N) is 1. The van der Waals surface area contributed by atoms with Crippen molar-refractivity contribution >= 4 is 23.4 Å². The van der Waals surface area contributed by atoms with Crippen molar-refractivity contribution in [3.05, 3.63) is 57.3 Å². The van der Waals surface area contributed by atoms with Gasteiger partial charge in [0.15, 0.2) is 0 Å². The van der Waals surface area contributed by atoms with Gasteiger partial charge in [0.25, 0.3) is 11.8 Å². The predicted molar refractivity (Wildman–Crippen MR) is 70.4 cm³/mol. The van der Waals surface area contributed by atoms with Gasteiger partial charge < -0.3 is 10.2 Å². The van der Waals surface area contributed by atoms with E-state index in [1.807, 2.05) is 0 Å². The molecule has 1 aliphatic rings. The number of carbonyl (C=O) groups is 2. The third-order valence-corrected chi connectivity index (χ3v) is 3.17. The Morgan fingerprint density at radius 2 is 1.95 bits per heavy atom. The van der Waals surface area contributed by atoms with Crippen molar-refractivity contribution in [2.24, 2.45) is 0 Å². The van der Waals surface area contributed by atoms with Crippen LogP contribution >= 0.6 is 0 Å². The van der Waals surface area contributed by atoms with Gasteiger partial charge in [-0.1, -0.05) is 6.07 Å². The Kier molecular flexibility index (Phi) is 2.72. The molecule has 0 unspecified atom stereocenters. The number of hydrogen-bond donors (Lipinski definition) is 1. The van der Waals surface area contributed by atoms with Crippen molar-refractivity contribution in [1.29, 1.82) is 0 Å². The van der Waals surface area contributed by atoms with Crippen molar-refractivity contribution in [2.45, 2.75) is 6.54 Å². The maximum Gasteiger partial charge on any atom is 0.433 e. The first-order chi connectivity index (χ1) is 9.99. The number of anilines is 1. The fourth-order valence-electron chi connectivity index (χ4n) is 2.21. The van der Waals surface area contributed by atoms with E-state index in [-0.39, 0.29) is 29.1 Å². The van der Waals surface area contributed by atoms with Crippen LogP contribution in [-0.4, -0.2) is 21.6 Å². The van der Waals surface area contributed by atoms with Crippen LogP contribution in [0.5, 0.6) is 0 Å². The van der Waals surface area contributed by atoms with Gasteiger partial charge >= 0.3 is 5.88 Å². The highest BCUT2D eigenvalue weighted by atomic mass is 16.6. The normalized spacial score (nSPS) is 13.6. The molecular formula is C13H9N3O5. The summed E-state index contributed by atoms with van der Waals surface area (Å²) in [5.41, 5.74) is 6.31. The van der Waals surface area contributed by atoms with Gasteiger partial charge in [0.1, 0.15) is 10.7 Å². The van der Waals surface area contributed by atoms with Gasteiger partial charge in [-0.3, -0.25) is 24.6 Å². The molecule has 1 aromatic heterocycles. The first-order valence-electron chi connectivity index (χ1n) is 5.97. The van der Waals surface area contributed by atoms with E-state index in [1.54, 1.807) is 6.07 Å². The molecule has 8 heteroatoms. The van der Waals surface area contributed by atoms with Crippen molar-refractivity contribution in [1.82, 2.24) is 4.90 Å². The quantitative estimate of drug-likeness (QED) is 0.396. The van der Waals surface area contributed by atoms with E-state index in [0.29, 0.717) is 0 Å². The largest absolute Gasteiger partial charge is 0.433 e. The van der Waals surface area contributed by atoms with Crippen LogP contribution in [0.3, 0.4) is 0 Å². The number of carbonyl (C=O) groups excluding carboxylic acids is 2. The Morgan fingerprint density at radius 1 is 1.19 bits per heavy atom. The second kappa shape index (κ2) is 4.44. The molecule has 1 aromatic carbocycles. The highest BCUT2D eigenvalue weighted by molar-refractivity contribution is 6.23. The van der Waals surface area contributed by atoms with E-state index in [2.05, 4.69) is 0 Å². The minimum atomic E-state index is -0.691. The molecule has 1 aliphatic heterocycles. The van der Waals surface area contributed by atoms with E-state index in [0.717, 1.165) is 4.90 Å². The van der Waals surface area contributed by atoms with Gasteiger partial charge in [-0.05, 0) is 18.2 Å². The average molecular weight is 287 g/mol. The molecule has 2 heterocycles. The van der Waals surface area contributed by atoms with E-state index in [4.69, 9.17) is 10.2 Å². The fourth-order valence-corrected chi connectivity index (χ4v) is 2.21. The van der Waals surface area contributed by atoms with Crippen LogP contribution in [0.15, 0.2) is 34.7 Å². The molecule has 0 spiro atoms. The van der Waals surface area contributed by atoms with Crippen LogP contribution in [0.4, 0.5) is 11.6 Å². The fraction of sp³-hybridized carbons (Fsp3) is 0.0769. The van der Waals surface area contributed by atoms with Crippen molar-refractivity contribution in [3.63, 3.8) is 0 Å². The van der Waals surface area contributed by atoms with E-state index in [1.165, 1.54) is 24.3 Å². The molecule has 106 valence electrons. The van der Waals surface area contributed by atoms with E-state index in [9.17, 15) is 19.7 Å². The van der Waals surface area contributed by atoms with Crippen LogP contribution in [0.25, 0.3) is 0 Å². The van der Waals surface area contributed by atoms with Crippen LogP contribution < -0.4 is 5.73 Å². The molecule has 0 fully saturated rings. The van der Waals surface area contributed by atoms with E-state index < -0.39 is 22.6 Å². The average Bonchev–Trinajstić information content (AvgIpc) is 3.00. The number of hydrogen-bond acceptors (Lipinski definition) is 6. The highest BCUT2D eigenvalue weighted by Crippen LogP contribution is 2.29. The lowest BCUT2D eigenvalue weighted by atomic mass is 10.1. The zero-order chi connectivity index (χ0) is 15.1. The summed E-state index contributed by atoms with van der Waals surface area (Å²) < 4.78 is 4.96. The van der Waals surface area contributed by atoms with Gasteiger partial charge in [0.05, 0.1) is 23.7 Å². The number of furan rings is 1. The standard InChI is InChI=1S/C13H9N3O5/c14-9-3-1-2-8-11(9)13(18)15(12(8)17)6-7-4-5-10(21-7)16(19)20/h1-5H,6,14H2. The number of amides is 2. The van der Waals surface area contributed by atoms with Gasteiger partial charge in [-0.25, -0.2) is 0 Å². The molecule has 0 saturated heterocycles. The Balaban J connectivity index is 1.91. The minimum Gasteiger partial charge on any atom is -0.404 e. The third kappa shape index (κ3) is 1.93. The second-order valence-corrected chi connectivity index (χ2v) is 4.46. The molecule has 8 nitrogen and oxygen atoms in total. The maximum atomic E-state index is 12.2. The monoisotopic (exact) mass is 287 g/mol. The van der Waals surface area contributed by atoms with Gasteiger partial charge in [-0.2, -0.15) is 0 Å². The summed E-state index contributed by atoms with van der Waals surface area (Å²) >= 11 is 0. The number of imide groups is 1. The summed E-state index contributed by atoms with van der Waals surface area (Å²) in [4.78, 5) is 35.2. The minimum absolute atomic E-state index is 0.148. The summed E-state index contributed by atoms with van der Waals surface area (Å²) in [7, 11) is 0. The summed E-state index contributed by atoms with van der Waals surface area (Å²) in [6.45, 7) is -0.181. The molecule has 21 heavy (non-hydrogen) atoms. The van der Waals surface area contributed by atoms with E-state index >= 15 is 0 Å². The number of rotatable bonds is 3. The smallest absolute Gasteiger partial charge is 0.404 e. The number of fused-ring (bicyclic) bond motifs is 1. The topological polar surface area (TPSA) is 120 Å². The lowest BCUT2D eigenvalue weighted by Gasteiger charge is -2.11. The Morgan fingerprint density at radius 3 is 2.57 bits per heavy atom. The zero-order valence-electron chi connectivity index (χ0n) is 10.6. The van der Waals surface area contributed by atoms with Crippen LogP contribution in [0, 0.1) is 10.1 Å². The van der Waals surface area contributed by atoms with Gasteiger partial charge in [-0.15, -0.1) is 0 Å². The molecule has 0 atom stereocenters. The molecule has 0 radical (unpaired) electrons. The lowest BCUT2D eigenvalue weighted by molar-refractivity contribution is -0.402. The first kappa shape index (κ1) is 12.9.